The van der Waals surface area contributed by atoms with Gasteiger partial charge in [0.05, 0.1) is 11.1 Å². The molecule has 154 valence electrons. The number of aryl methyl sites for hydroxylation is 2. The monoisotopic (exact) mass is 436 g/mol. The van der Waals surface area contributed by atoms with E-state index in [2.05, 4.69) is 50.9 Å². The molecule has 1 aliphatic rings. The molecule has 1 aliphatic carbocycles. The second-order valence-electron chi connectivity index (χ2n) is 7.51. The van der Waals surface area contributed by atoms with Crippen molar-refractivity contribution >= 4 is 39.1 Å². The second kappa shape index (κ2) is 8.35. The molecule has 3 heterocycles. The number of aromatic nitrogens is 5. The van der Waals surface area contributed by atoms with E-state index in [9.17, 15) is 0 Å². The first-order valence-electron chi connectivity index (χ1n) is 10.4. The van der Waals surface area contributed by atoms with Crippen LogP contribution in [0.3, 0.4) is 0 Å². The summed E-state index contributed by atoms with van der Waals surface area (Å²) in [5.41, 5.74) is 8.97. The minimum atomic E-state index is 0.622. The van der Waals surface area contributed by atoms with Crippen molar-refractivity contribution in [2.75, 3.05) is 5.73 Å². The van der Waals surface area contributed by atoms with Crippen LogP contribution in [-0.4, -0.2) is 24.7 Å². The fraction of sp³-hybridized carbons (Fsp3) is 0.364. The highest BCUT2D eigenvalue weighted by molar-refractivity contribution is 7.98. The molecule has 4 aromatic rings. The van der Waals surface area contributed by atoms with E-state index in [4.69, 9.17) is 10.7 Å². The lowest BCUT2D eigenvalue weighted by atomic mass is 9.97. The average Bonchev–Trinajstić information content (AvgIpc) is 3.33. The molecule has 3 aromatic heterocycles. The van der Waals surface area contributed by atoms with Gasteiger partial charge < -0.3 is 10.3 Å². The molecule has 5 rings (SSSR count). The van der Waals surface area contributed by atoms with Gasteiger partial charge in [0.25, 0.3) is 0 Å². The largest absolute Gasteiger partial charge is 0.383 e. The van der Waals surface area contributed by atoms with E-state index in [1.165, 1.54) is 28.8 Å². The van der Waals surface area contributed by atoms with Gasteiger partial charge >= 0.3 is 0 Å². The Hall–Kier alpha value is -2.45. The summed E-state index contributed by atoms with van der Waals surface area (Å²) in [6.07, 6.45) is 5.50. The number of hydrogen-bond acceptors (Lipinski definition) is 7. The van der Waals surface area contributed by atoms with E-state index >= 15 is 0 Å². The fourth-order valence-corrected chi connectivity index (χ4v) is 6.24. The van der Waals surface area contributed by atoms with Crippen LogP contribution in [0, 0.1) is 0 Å². The summed E-state index contributed by atoms with van der Waals surface area (Å²) in [6, 6.07) is 10.4. The molecule has 2 N–H and O–H groups in total. The molecule has 0 amide bonds. The van der Waals surface area contributed by atoms with Gasteiger partial charge in [-0.3, -0.25) is 0 Å². The molecule has 0 spiro atoms. The molecule has 0 fully saturated rings. The van der Waals surface area contributed by atoms with Crippen LogP contribution in [-0.2, 0) is 31.6 Å². The normalized spacial score (nSPS) is 13.6. The number of nitrogen functional groups attached to an aromatic ring is 1. The first kappa shape index (κ1) is 19.5. The number of anilines is 1. The van der Waals surface area contributed by atoms with Gasteiger partial charge in [0.2, 0.25) is 0 Å². The topological polar surface area (TPSA) is 82.5 Å². The van der Waals surface area contributed by atoms with Crippen molar-refractivity contribution < 1.29 is 0 Å². The van der Waals surface area contributed by atoms with Gasteiger partial charge in [-0.15, -0.1) is 21.5 Å². The van der Waals surface area contributed by atoms with Crippen LogP contribution in [0.25, 0.3) is 10.2 Å². The fourth-order valence-electron chi connectivity index (χ4n) is 4.08. The third kappa shape index (κ3) is 3.70. The minimum absolute atomic E-state index is 0.622. The van der Waals surface area contributed by atoms with Gasteiger partial charge in [-0.05, 0) is 43.7 Å². The number of fused-ring (bicyclic) bond motifs is 3. The third-order valence-corrected chi connectivity index (χ3v) is 7.68. The zero-order valence-electron chi connectivity index (χ0n) is 17.0. The van der Waals surface area contributed by atoms with Crippen LogP contribution >= 0.6 is 23.1 Å². The number of hydrogen-bond donors (Lipinski definition) is 1. The van der Waals surface area contributed by atoms with Crippen molar-refractivity contribution in [3.8, 4) is 0 Å². The number of thiophene rings is 1. The predicted molar refractivity (Wildman–Crippen MR) is 123 cm³/mol. The molecule has 0 radical (unpaired) electrons. The standard InChI is InChI=1S/C22H24N6S2/c1-2-28-18(12-14-8-4-3-5-9-14)26-27-22(28)29-13-17-24-20(23)19-15-10-6-7-11-16(15)30-21(19)25-17/h3-5,8-9H,2,6-7,10-13H2,1H3,(H2,23,24,25). The summed E-state index contributed by atoms with van der Waals surface area (Å²) >= 11 is 3.41. The molecule has 0 saturated carbocycles. The van der Waals surface area contributed by atoms with Crippen molar-refractivity contribution in [1.82, 2.24) is 24.7 Å². The lowest BCUT2D eigenvalue weighted by molar-refractivity contribution is 0.651. The zero-order valence-corrected chi connectivity index (χ0v) is 18.6. The molecule has 8 heteroatoms. The van der Waals surface area contributed by atoms with Crippen LogP contribution in [0.4, 0.5) is 5.82 Å². The molecule has 0 aliphatic heterocycles. The smallest absolute Gasteiger partial charge is 0.191 e. The molecule has 30 heavy (non-hydrogen) atoms. The first-order valence-corrected chi connectivity index (χ1v) is 12.2. The van der Waals surface area contributed by atoms with Crippen molar-refractivity contribution in [1.29, 1.82) is 0 Å². The maximum atomic E-state index is 6.35. The van der Waals surface area contributed by atoms with Gasteiger partial charge in [0.15, 0.2) is 5.16 Å². The number of rotatable bonds is 6. The Balaban J connectivity index is 1.36. The predicted octanol–water partition coefficient (Wildman–Crippen LogP) is 4.65. The zero-order chi connectivity index (χ0) is 20.5. The Morgan fingerprint density at radius 1 is 1.10 bits per heavy atom. The Kier molecular flexibility index (Phi) is 5.43. The van der Waals surface area contributed by atoms with Crippen molar-refractivity contribution in [3.63, 3.8) is 0 Å². The maximum absolute atomic E-state index is 6.35. The molecular formula is C22H24N6S2. The number of benzene rings is 1. The number of nitrogens with two attached hydrogens (primary N) is 1. The van der Waals surface area contributed by atoms with E-state index in [0.29, 0.717) is 11.6 Å². The highest BCUT2D eigenvalue weighted by atomic mass is 32.2. The maximum Gasteiger partial charge on any atom is 0.191 e. The molecule has 0 bridgehead atoms. The summed E-state index contributed by atoms with van der Waals surface area (Å²) in [4.78, 5) is 11.9. The van der Waals surface area contributed by atoms with Crippen LogP contribution in [0.1, 0.15) is 47.4 Å². The summed E-state index contributed by atoms with van der Waals surface area (Å²) in [6.45, 7) is 2.95. The van der Waals surface area contributed by atoms with E-state index in [1.807, 2.05) is 6.07 Å². The quantitative estimate of drug-likeness (QED) is 0.443. The highest BCUT2D eigenvalue weighted by Gasteiger charge is 2.20. The second-order valence-corrected chi connectivity index (χ2v) is 9.54. The summed E-state index contributed by atoms with van der Waals surface area (Å²) < 4.78 is 2.17. The van der Waals surface area contributed by atoms with Gasteiger partial charge in [0, 0.05) is 17.8 Å². The average molecular weight is 437 g/mol. The Morgan fingerprint density at radius 2 is 1.93 bits per heavy atom. The van der Waals surface area contributed by atoms with Crippen molar-refractivity contribution in [3.05, 3.63) is 58.0 Å². The number of thioether (sulfide) groups is 1. The lowest BCUT2D eigenvalue weighted by Crippen LogP contribution is -2.05. The molecule has 0 saturated heterocycles. The molecule has 0 atom stereocenters. The van der Waals surface area contributed by atoms with Crippen LogP contribution in [0.2, 0.25) is 0 Å². The summed E-state index contributed by atoms with van der Waals surface area (Å²) in [7, 11) is 0. The van der Waals surface area contributed by atoms with Crippen LogP contribution in [0.15, 0.2) is 35.5 Å². The van der Waals surface area contributed by atoms with E-state index in [0.717, 1.165) is 52.8 Å². The van der Waals surface area contributed by atoms with Gasteiger partial charge in [-0.2, -0.15) is 0 Å². The third-order valence-electron chi connectivity index (χ3n) is 5.53. The number of nitrogens with zero attached hydrogens (tertiary/aromatic N) is 5. The van der Waals surface area contributed by atoms with Crippen LogP contribution in [0.5, 0.6) is 0 Å². The summed E-state index contributed by atoms with van der Waals surface area (Å²) in [5, 5.41) is 10.8. The van der Waals surface area contributed by atoms with Gasteiger partial charge in [0.1, 0.15) is 22.3 Å². The molecule has 0 unspecified atom stereocenters. The van der Waals surface area contributed by atoms with E-state index in [1.54, 1.807) is 23.1 Å². The molecular weight excluding hydrogens is 412 g/mol. The lowest BCUT2D eigenvalue weighted by Gasteiger charge is -2.10. The Labute approximate surface area is 184 Å². The minimum Gasteiger partial charge on any atom is -0.383 e. The Morgan fingerprint density at radius 3 is 2.77 bits per heavy atom. The van der Waals surface area contributed by atoms with E-state index < -0.39 is 0 Å². The first-order chi connectivity index (χ1) is 14.7. The Bertz CT molecular complexity index is 1180. The SMILES string of the molecule is CCn1c(Cc2ccccc2)nnc1SCc1nc(N)c2c3c(sc2n1)CCCC3. The van der Waals surface area contributed by atoms with Crippen molar-refractivity contribution in [2.45, 2.75) is 56.5 Å². The highest BCUT2D eigenvalue weighted by Crippen LogP contribution is 2.38. The van der Waals surface area contributed by atoms with Gasteiger partial charge in [-0.1, -0.05) is 42.1 Å². The molecule has 1 aromatic carbocycles. The van der Waals surface area contributed by atoms with Gasteiger partial charge in [-0.25, -0.2) is 9.97 Å². The summed E-state index contributed by atoms with van der Waals surface area (Å²) in [5.74, 6) is 3.00. The van der Waals surface area contributed by atoms with E-state index in [-0.39, 0.29) is 0 Å². The van der Waals surface area contributed by atoms with Crippen molar-refractivity contribution in [2.24, 2.45) is 0 Å². The van der Waals surface area contributed by atoms with Crippen LogP contribution < -0.4 is 5.73 Å². The molecule has 6 nitrogen and oxygen atoms in total.